The summed E-state index contributed by atoms with van der Waals surface area (Å²) in [6.07, 6.45) is 4.85. The quantitative estimate of drug-likeness (QED) is 0.619. The van der Waals surface area contributed by atoms with Crippen LogP contribution in [-0.4, -0.2) is 48.7 Å². The van der Waals surface area contributed by atoms with Crippen LogP contribution in [0, 0.1) is 23.4 Å². The second kappa shape index (κ2) is 9.22. The highest BCUT2D eigenvalue weighted by atomic mass is 19.2. The second-order valence-corrected chi connectivity index (χ2v) is 8.29. The molecule has 7 nitrogen and oxygen atoms in total. The minimum absolute atomic E-state index is 0.0123. The fraction of sp³-hybridized carbons (Fsp3) is 0.500. The first-order valence-electron chi connectivity index (χ1n) is 10.8. The molecule has 1 aliphatic heterocycles. The molecule has 0 spiro atoms. The first-order chi connectivity index (χ1) is 15.4. The largest absolute Gasteiger partial charge is 0.490 e. The number of hydrogen-bond acceptors (Lipinski definition) is 6. The summed E-state index contributed by atoms with van der Waals surface area (Å²) < 4.78 is 45.2. The van der Waals surface area contributed by atoms with Crippen LogP contribution in [-0.2, 0) is 4.79 Å². The van der Waals surface area contributed by atoms with Crippen LogP contribution in [0.3, 0.4) is 0 Å². The number of nitrogens with one attached hydrogen (secondary N) is 1. The molecule has 0 unspecified atom stereocenters. The van der Waals surface area contributed by atoms with Gasteiger partial charge in [-0.15, -0.1) is 0 Å². The fourth-order valence-corrected chi connectivity index (χ4v) is 3.90. The van der Waals surface area contributed by atoms with Crippen molar-refractivity contribution in [1.29, 1.82) is 0 Å². The third-order valence-electron chi connectivity index (χ3n) is 5.89. The van der Waals surface area contributed by atoms with Crippen LogP contribution >= 0.6 is 0 Å². The third-order valence-corrected chi connectivity index (χ3v) is 5.89. The number of carbonyl (C=O) groups is 1. The average Bonchev–Trinajstić information content (AvgIpc) is 2.74. The van der Waals surface area contributed by atoms with Crippen molar-refractivity contribution in [3.8, 4) is 5.75 Å². The van der Waals surface area contributed by atoms with E-state index in [9.17, 15) is 18.0 Å². The van der Waals surface area contributed by atoms with Crippen LogP contribution in [0.15, 0.2) is 18.3 Å². The lowest BCUT2D eigenvalue weighted by Gasteiger charge is -2.36. The highest BCUT2D eigenvalue weighted by Crippen LogP contribution is 2.34. The molecule has 1 saturated carbocycles. The Morgan fingerprint density at radius 1 is 1.22 bits per heavy atom. The topological polar surface area (TPSA) is 70.6 Å². The van der Waals surface area contributed by atoms with E-state index < -0.39 is 17.5 Å². The van der Waals surface area contributed by atoms with Gasteiger partial charge in [-0.3, -0.25) is 4.79 Å². The van der Waals surface area contributed by atoms with Gasteiger partial charge in [0.1, 0.15) is 11.4 Å². The van der Waals surface area contributed by atoms with E-state index in [1.807, 2.05) is 4.90 Å². The molecule has 0 bridgehead atoms. The normalized spacial score (nSPS) is 20.1. The first-order valence-corrected chi connectivity index (χ1v) is 10.8. The first kappa shape index (κ1) is 22.2. The molecule has 1 N–H and O–H groups in total. The van der Waals surface area contributed by atoms with Crippen molar-refractivity contribution in [3.05, 3.63) is 35.8 Å². The summed E-state index contributed by atoms with van der Waals surface area (Å²) in [4.78, 5) is 24.8. The Balaban J connectivity index is 1.32. The van der Waals surface area contributed by atoms with Crippen LogP contribution in [0.2, 0.25) is 0 Å². The van der Waals surface area contributed by atoms with Gasteiger partial charge in [0.25, 0.3) is 0 Å². The highest BCUT2D eigenvalue weighted by Gasteiger charge is 2.32. The lowest BCUT2D eigenvalue weighted by molar-refractivity contribution is -0.117. The fourth-order valence-electron chi connectivity index (χ4n) is 3.90. The maximum absolute atomic E-state index is 13.3. The van der Waals surface area contributed by atoms with E-state index in [2.05, 4.69) is 22.2 Å². The molecule has 4 rings (SSSR count). The third kappa shape index (κ3) is 4.58. The number of nitrogens with zero attached hydrogens (tertiary/aromatic N) is 4. The molecule has 2 aliphatic rings. The van der Waals surface area contributed by atoms with Gasteiger partial charge in [-0.2, -0.15) is 4.98 Å². The average molecular weight is 449 g/mol. The monoisotopic (exact) mass is 449 g/mol. The molecule has 32 heavy (non-hydrogen) atoms. The summed E-state index contributed by atoms with van der Waals surface area (Å²) in [7, 11) is 1.72. The van der Waals surface area contributed by atoms with E-state index in [0.29, 0.717) is 37.6 Å². The number of benzene rings is 1. The summed E-state index contributed by atoms with van der Waals surface area (Å²) in [5, 5.41) is 3.23. The zero-order valence-corrected chi connectivity index (χ0v) is 18.1. The zero-order valence-electron chi connectivity index (χ0n) is 18.1. The molecule has 2 aromatic rings. The number of aromatic nitrogens is 2. The number of fused-ring (bicyclic) bond motifs is 1. The Morgan fingerprint density at radius 3 is 2.62 bits per heavy atom. The van der Waals surface area contributed by atoms with Gasteiger partial charge in [-0.05, 0) is 25.2 Å². The number of anilines is 3. The van der Waals surface area contributed by atoms with Gasteiger partial charge in [0.2, 0.25) is 11.9 Å². The van der Waals surface area contributed by atoms with E-state index in [1.165, 1.54) is 0 Å². The lowest BCUT2D eigenvalue weighted by Crippen LogP contribution is -2.45. The van der Waals surface area contributed by atoms with Crippen LogP contribution in [0.1, 0.15) is 32.6 Å². The van der Waals surface area contributed by atoms with Crippen molar-refractivity contribution < 1.29 is 22.7 Å². The number of likely N-dealkylation sites (N-methyl/N-ethyl adjacent to an activating group) is 1. The molecule has 1 aromatic carbocycles. The number of amides is 1. The minimum atomic E-state index is -1.50. The molecule has 0 atom stereocenters. The molecule has 0 radical (unpaired) electrons. The number of ether oxygens (including phenoxy) is 1. The maximum Gasteiger partial charge on any atom is 0.246 e. The molecule has 1 aromatic heterocycles. The number of carbonyl (C=O) groups excluding carboxylic acids is 1. The smallest absolute Gasteiger partial charge is 0.246 e. The van der Waals surface area contributed by atoms with Crippen LogP contribution in [0.4, 0.5) is 30.6 Å². The van der Waals surface area contributed by atoms with Gasteiger partial charge in [-0.1, -0.05) is 13.3 Å². The Kier molecular flexibility index (Phi) is 6.38. The van der Waals surface area contributed by atoms with E-state index in [-0.39, 0.29) is 23.7 Å². The standard InChI is InChI=1S/C22H26F3N5O2/c1-3-4-5-30-12-19(31)29(2)18-11-27-22(28-21(18)30)26-10-13-6-14(7-13)32-15-8-16(23)20(25)17(24)9-15/h8-9,11,13-14H,3-7,10,12H2,1-2H3,(H,26,27,28). The molecule has 172 valence electrons. The molecule has 2 heterocycles. The molecule has 1 fully saturated rings. The Labute approximate surface area is 184 Å². The van der Waals surface area contributed by atoms with Crippen molar-refractivity contribution in [1.82, 2.24) is 9.97 Å². The van der Waals surface area contributed by atoms with Crippen molar-refractivity contribution in [2.75, 3.05) is 41.8 Å². The predicted molar refractivity (Wildman–Crippen MR) is 115 cm³/mol. The van der Waals surface area contributed by atoms with Gasteiger partial charge in [0.05, 0.1) is 18.8 Å². The summed E-state index contributed by atoms with van der Waals surface area (Å²) in [5.41, 5.74) is 0.693. The summed E-state index contributed by atoms with van der Waals surface area (Å²) in [5.74, 6) is -2.50. The van der Waals surface area contributed by atoms with Gasteiger partial charge in [-0.25, -0.2) is 18.2 Å². The summed E-state index contributed by atoms with van der Waals surface area (Å²) >= 11 is 0. The SMILES string of the molecule is CCCCN1CC(=O)N(C)c2cnc(NCC3CC(Oc4cc(F)c(F)c(F)c4)C3)nc21. The molecule has 0 saturated heterocycles. The number of rotatable bonds is 8. The van der Waals surface area contributed by atoms with Gasteiger partial charge in [0, 0.05) is 32.3 Å². The second-order valence-electron chi connectivity index (χ2n) is 8.29. The van der Waals surface area contributed by atoms with E-state index in [0.717, 1.165) is 37.3 Å². The minimum Gasteiger partial charge on any atom is -0.490 e. The van der Waals surface area contributed by atoms with Crippen LogP contribution in [0.25, 0.3) is 0 Å². The maximum atomic E-state index is 13.3. The van der Waals surface area contributed by atoms with Gasteiger partial charge >= 0.3 is 0 Å². The zero-order chi connectivity index (χ0) is 22.8. The van der Waals surface area contributed by atoms with E-state index in [4.69, 9.17) is 4.74 Å². The van der Waals surface area contributed by atoms with Crippen molar-refractivity contribution >= 4 is 23.4 Å². The number of unbranched alkanes of at least 4 members (excludes halogenated alkanes) is 1. The van der Waals surface area contributed by atoms with E-state index in [1.54, 1.807) is 18.1 Å². The van der Waals surface area contributed by atoms with Gasteiger partial charge < -0.3 is 19.9 Å². The molecular formula is C22H26F3N5O2. The highest BCUT2D eigenvalue weighted by molar-refractivity contribution is 6.01. The molecular weight excluding hydrogens is 423 g/mol. The lowest BCUT2D eigenvalue weighted by atomic mass is 9.82. The van der Waals surface area contributed by atoms with Gasteiger partial charge in [0.15, 0.2) is 23.3 Å². The number of halogens is 3. The Morgan fingerprint density at radius 2 is 1.94 bits per heavy atom. The Hall–Kier alpha value is -3.04. The van der Waals surface area contributed by atoms with Crippen molar-refractivity contribution in [2.45, 2.75) is 38.7 Å². The summed E-state index contributed by atoms with van der Waals surface area (Å²) in [6.45, 7) is 3.77. The van der Waals surface area contributed by atoms with Crippen LogP contribution < -0.4 is 19.9 Å². The predicted octanol–water partition coefficient (Wildman–Crippen LogP) is 3.75. The summed E-state index contributed by atoms with van der Waals surface area (Å²) in [6, 6.07) is 1.72. The van der Waals surface area contributed by atoms with E-state index >= 15 is 0 Å². The molecule has 1 aliphatic carbocycles. The number of hydrogen-bond donors (Lipinski definition) is 1. The molecule has 1 amide bonds. The van der Waals surface area contributed by atoms with Crippen molar-refractivity contribution in [3.63, 3.8) is 0 Å². The Bertz CT molecular complexity index is 977. The molecule has 10 heteroatoms. The van der Waals surface area contributed by atoms with Crippen molar-refractivity contribution in [2.24, 2.45) is 5.92 Å². The van der Waals surface area contributed by atoms with Crippen LogP contribution in [0.5, 0.6) is 5.75 Å².